The lowest BCUT2D eigenvalue weighted by atomic mass is 9.97. The molecular weight excluding hydrogens is 220 g/mol. The molecule has 0 amide bonds. The summed E-state index contributed by atoms with van der Waals surface area (Å²) in [7, 11) is 0. The molecule has 98 valence electrons. The van der Waals surface area contributed by atoms with Gasteiger partial charge >= 0.3 is 0 Å². The van der Waals surface area contributed by atoms with E-state index in [1.54, 1.807) is 11.1 Å². The van der Waals surface area contributed by atoms with E-state index in [1.165, 1.54) is 45.6 Å². The maximum absolute atomic E-state index is 3.52. The van der Waals surface area contributed by atoms with Crippen molar-refractivity contribution < 1.29 is 0 Å². The zero-order valence-electron chi connectivity index (χ0n) is 11.4. The van der Waals surface area contributed by atoms with Crippen molar-refractivity contribution in [3.63, 3.8) is 0 Å². The lowest BCUT2D eigenvalue weighted by Gasteiger charge is -2.25. The highest BCUT2D eigenvalue weighted by molar-refractivity contribution is 5.28. The number of benzene rings is 1. The first-order valence-corrected chi connectivity index (χ1v) is 7.33. The van der Waals surface area contributed by atoms with Crippen LogP contribution in [0, 0.1) is 11.8 Å². The number of nitrogens with zero attached hydrogens (tertiary/aromatic N) is 1. The van der Waals surface area contributed by atoms with Crippen LogP contribution >= 0.6 is 0 Å². The van der Waals surface area contributed by atoms with Crippen molar-refractivity contribution in [1.82, 2.24) is 10.2 Å². The van der Waals surface area contributed by atoms with Crippen LogP contribution in [0.15, 0.2) is 24.3 Å². The van der Waals surface area contributed by atoms with Gasteiger partial charge < -0.3 is 10.2 Å². The molecule has 0 saturated carbocycles. The molecule has 1 aromatic rings. The number of hydrogen-bond donors (Lipinski definition) is 1. The van der Waals surface area contributed by atoms with Crippen LogP contribution < -0.4 is 5.32 Å². The van der Waals surface area contributed by atoms with E-state index in [0.29, 0.717) is 0 Å². The summed E-state index contributed by atoms with van der Waals surface area (Å²) in [4.78, 5) is 2.67. The van der Waals surface area contributed by atoms with Gasteiger partial charge in [0.15, 0.2) is 0 Å². The predicted molar refractivity (Wildman–Crippen MR) is 75.8 cm³/mol. The van der Waals surface area contributed by atoms with E-state index < -0.39 is 0 Å². The Bertz CT molecular complexity index is 375. The van der Waals surface area contributed by atoms with Gasteiger partial charge in [-0.25, -0.2) is 0 Å². The normalized spacial score (nSPS) is 28.9. The summed E-state index contributed by atoms with van der Waals surface area (Å²) in [6, 6.07) is 8.96. The van der Waals surface area contributed by atoms with Gasteiger partial charge in [0.1, 0.15) is 0 Å². The fraction of sp³-hybridized carbons (Fsp3) is 0.625. The Hall–Kier alpha value is -0.860. The van der Waals surface area contributed by atoms with Crippen LogP contribution in [0.1, 0.15) is 18.1 Å². The van der Waals surface area contributed by atoms with Crippen molar-refractivity contribution in [2.24, 2.45) is 11.8 Å². The fourth-order valence-electron chi connectivity index (χ4n) is 3.34. The van der Waals surface area contributed by atoms with Crippen LogP contribution in [-0.2, 0) is 12.8 Å². The molecule has 0 aliphatic carbocycles. The lowest BCUT2D eigenvalue weighted by molar-refractivity contribution is 0.227. The second-order valence-electron chi connectivity index (χ2n) is 5.96. The summed E-state index contributed by atoms with van der Waals surface area (Å²) in [5.41, 5.74) is 3.13. The fourth-order valence-corrected chi connectivity index (χ4v) is 3.34. The Morgan fingerprint density at radius 2 is 1.78 bits per heavy atom. The third-order valence-corrected chi connectivity index (χ3v) is 4.68. The van der Waals surface area contributed by atoms with Gasteiger partial charge in [-0.15, -0.1) is 0 Å². The minimum Gasteiger partial charge on any atom is -0.316 e. The van der Waals surface area contributed by atoms with Gasteiger partial charge in [-0.1, -0.05) is 31.2 Å². The van der Waals surface area contributed by atoms with E-state index >= 15 is 0 Å². The average Bonchev–Trinajstić information content (AvgIpc) is 2.68. The highest BCUT2D eigenvalue weighted by Gasteiger charge is 2.25. The Morgan fingerprint density at radius 1 is 1.11 bits per heavy atom. The van der Waals surface area contributed by atoms with E-state index in [-0.39, 0.29) is 0 Å². The standard InChI is InChI=1S/C16H24N2/c1-13-10-17-11-16(13)12-18-8-6-14-4-2-3-5-15(14)7-9-18/h2-5,13,16-17H,6-12H2,1H3/t13-,16+/m1/s1. The molecule has 2 nitrogen and oxygen atoms in total. The molecule has 1 aromatic carbocycles. The zero-order valence-corrected chi connectivity index (χ0v) is 11.4. The molecule has 0 bridgehead atoms. The molecule has 0 spiro atoms. The topological polar surface area (TPSA) is 15.3 Å². The zero-order chi connectivity index (χ0) is 12.4. The van der Waals surface area contributed by atoms with Crippen molar-refractivity contribution in [2.45, 2.75) is 19.8 Å². The smallest absolute Gasteiger partial charge is 0.00251 e. The van der Waals surface area contributed by atoms with Gasteiger partial charge in [-0.2, -0.15) is 0 Å². The number of hydrogen-bond acceptors (Lipinski definition) is 2. The summed E-state index contributed by atoms with van der Waals surface area (Å²) in [6.07, 6.45) is 2.45. The second kappa shape index (κ2) is 5.41. The molecule has 2 aliphatic heterocycles. The van der Waals surface area contributed by atoms with E-state index in [1.807, 2.05) is 0 Å². The predicted octanol–water partition coefficient (Wildman–Crippen LogP) is 1.94. The maximum atomic E-state index is 3.52. The van der Waals surface area contributed by atoms with Crippen LogP contribution in [0.4, 0.5) is 0 Å². The maximum Gasteiger partial charge on any atom is 0.00251 e. The van der Waals surface area contributed by atoms with Crippen molar-refractivity contribution in [3.05, 3.63) is 35.4 Å². The number of nitrogens with one attached hydrogen (secondary N) is 1. The van der Waals surface area contributed by atoms with Crippen molar-refractivity contribution in [1.29, 1.82) is 0 Å². The number of fused-ring (bicyclic) bond motifs is 1. The van der Waals surface area contributed by atoms with Gasteiger partial charge in [-0.05, 0) is 48.9 Å². The molecule has 1 fully saturated rings. The second-order valence-corrected chi connectivity index (χ2v) is 5.96. The molecule has 2 aliphatic rings. The first-order valence-electron chi connectivity index (χ1n) is 7.33. The molecule has 2 heterocycles. The van der Waals surface area contributed by atoms with E-state index in [2.05, 4.69) is 41.4 Å². The van der Waals surface area contributed by atoms with Crippen molar-refractivity contribution >= 4 is 0 Å². The summed E-state index contributed by atoms with van der Waals surface area (Å²) < 4.78 is 0. The Labute approximate surface area is 110 Å². The monoisotopic (exact) mass is 244 g/mol. The molecule has 2 heteroatoms. The summed E-state index contributed by atoms with van der Waals surface area (Å²) >= 11 is 0. The van der Waals surface area contributed by atoms with E-state index in [0.717, 1.165) is 11.8 Å². The Morgan fingerprint density at radius 3 is 2.33 bits per heavy atom. The van der Waals surface area contributed by atoms with Gasteiger partial charge in [0.25, 0.3) is 0 Å². The first kappa shape index (κ1) is 12.2. The SMILES string of the molecule is C[C@@H]1CNC[C@H]1CN1CCc2ccccc2CC1. The summed E-state index contributed by atoms with van der Waals surface area (Å²) in [5, 5.41) is 3.52. The minimum atomic E-state index is 0.843. The van der Waals surface area contributed by atoms with Gasteiger partial charge in [0.05, 0.1) is 0 Å². The van der Waals surface area contributed by atoms with Crippen molar-refractivity contribution in [2.75, 3.05) is 32.7 Å². The molecule has 0 unspecified atom stereocenters. The van der Waals surface area contributed by atoms with Crippen LogP contribution in [0.2, 0.25) is 0 Å². The third-order valence-electron chi connectivity index (χ3n) is 4.68. The molecule has 3 rings (SSSR count). The van der Waals surface area contributed by atoms with Crippen LogP contribution in [0.5, 0.6) is 0 Å². The Balaban J connectivity index is 1.61. The van der Waals surface area contributed by atoms with E-state index in [4.69, 9.17) is 0 Å². The van der Waals surface area contributed by atoms with Gasteiger partial charge in [0.2, 0.25) is 0 Å². The molecule has 2 atom stereocenters. The lowest BCUT2D eigenvalue weighted by Crippen LogP contribution is -2.34. The molecule has 1 N–H and O–H groups in total. The molecule has 1 saturated heterocycles. The average molecular weight is 244 g/mol. The highest BCUT2D eigenvalue weighted by Crippen LogP contribution is 2.20. The van der Waals surface area contributed by atoms with Crippen LogP contribution in [-0.4, -0.2) is 37.6 Å². The van der Waals surface area contributed by atoms with Crippen LogP contribution in [0.3, 0.4) is 0 Å². The largest absolute Gasteiger partial charge is 0.316 e. The molecule has 0 radical (unpaired) electrons. The quantitative estimate of drug-likeness (QED) is 0.855. The first-order chi connectivity index (χ1) is 8.83. The molecule has 0 aromatic heterocycles. The molecular formula is C16H24N2. The summed E-state index contributed by atoms with van der Waals surface area (Å²) in [5.74, 6) is 1.70. The third kappa shape index (κ3) is 2.60. The minimum absolute atomic E-state index is 0.843. The number of rotatable bonds is 2. The van der Waals surface area contributed by atoms with Gasteiger partial charge in [0, 0.05) is 19.6 Å². The summed E-state index contributed by atoms with van der Waals surface area (Å²) in [6.45, 7) is 8.56. The van der Waals surface area contributed by atoms with E-state index in [9.17, 15) is 0 Å². The molecule has 18 heavy (non-hydrogen) atoms. The Kier molecular flexibility index (Phi) is 3.67. The van der Waals surface area contributed by atoms with Crippen molar-refractivity contribution in [3.8, 4) is 0 Å². The van der Waals surface area contributed by atoms with Crippen LogP contribution in [0.25, 0.3) is 0 Å². The highest BCUT2D eigenvalue weighted by atomic mass is 15.1. The van der Waals surface area contributed by atoms with Gasteiger partial charge in [-0.3, -0.25) is 0 Å².